The monoisotopic (exact) mass is 251 g/mol. The minimum absolute atomic E-state index is 0.0227. The molecule has 0 amide bonds. The second kappa shape index (κ2) is 5.82. The number of aryl methyl sites for hydroxylation is 1. The quantitative estimate of drug-likeness (QED) is 0.852. The van der Waals surface area contributed by atoms with E-state index in [2.05, 4.69) is 40.4 Å². The fourth-order valence-corrected chi connectivity index (χ4v) is 2.75. The molecule has 1 aliphatic heterocycles. The van der Waals surface area contributed by atoms with Crippen LogP contribution in [0.2, 0.25) is 0 Å². The molecule has 5 heteroatoms. The van der Waals surface area contributed by atoms with Crippen LogP contribution in [0.4, 0.5) is 0 Å². The molecule has 1 aromatic rings. The number of rotatable bonds is 3. The standard InChI is InChI=1S/C13H25N5/c1-4-18-9-6-15-13(18)12(14)11-10-16(2)7-5-8-17(11)3/h6,9,11-12H,4-5,7-8,10,14H2,1-3H3. The van der Waals surface area contributed by atoms with E-state index in [4.69, 9.17) is 5.73 Å². The third-order valence-electron chi connectivity index (χ3n) is 3.92. The van der Waals surface area contributed by atoms with E-state index in [9.17, 15) is 0 Å². The molecule has 0 bridgehead atoms. The highest BCUT2D eigenvalue weighted by atomic mass is 15.2. The van der Waals surface area contributed by atoms with Crippen LogP contribution in [0.15, 0.2) is 12.4 Å². The van der Waals surface area contributed by atoms with Crippen molar-refractivity contribution in [1.29, 1.82) is 0 Å². The molecule has 1 aromatic heterocycles. The van der Waals surface area contributed by atoms with Crippen LogP contribution in [-0.2, 0) is 6.54 Å². The van der Waals surface area contributed by atoms with Gasteiger partial charge in [0.25, 0.3) is 0 Å². The van der Waals surface area contributed by atoms with Gasteiger partial charge in [-0.15, -0.1) is 0 Å². The molecule has 0 aliphatic carbocycles. The Kier molecular flexibility index (Phi) is 4.37. The fourth-order valence-electron chi connectivity index (χ4n) is 2.75. The van der Waals surface area contributed by atoms with Crippen LogP contribution in [-0.4, -0.2) is 59.1 Å². The highest BCUT2D eigenvalue weighted by Crippen LogP contribution is 2.19. The first-order chi connectivity index (χ1) is 8.63. The highest BCUT2D eigenvalue weighted by Gasteiger charge is 2.29. The molecular formula is C13H25N5. The molecule has 2 rings (SSSR count). The first kappa shape index (κ1) is 13.5. The zero-order valence-electron chi connectivity index (χ0n) is 11.7. The lowest BCUT2D eigenvalue weighted by molar-refractivity contribution is 0.191. The molecule has 1 saturated heterocycles. The lowest BCUT2D eigenvalue weighted by Gasteiger charge is -2.32. The lowest BCUT2D eigenvalue weighted by Crippen LogP contribution is -2.46. The van der Waals surface area contributed by atoms with Crippen LogP contribution in [0.1, 0.15) is 25.2 Å². The van der Waals surface area contributed by atoms with Crippen molar-refractivity contribution in [3.8, 4) is 0 Å². The van der Waals surface area contributed by atoms with E-state index < -0.39 is 0 Å². The summed E-state index contributed by atoms with van der Waals surface area (Å²) in [5, 5.41) is 0. The maximum absolute atomic E-state index is 6.46. The Hall–Kier alpha value is -0.910. The predicted molar refractivity (Wildman–Crippen MR) is 73.4 cm³/mol. The Labute approximate surface area is 110 Å². The molecular weight excluding hydrogens is 226 g/mol. The molecule has 102 valence electrons. The van der Waals surface area contributed by atoms with Crippen LogP contribution in [0.25, 0.3) is 0 Å². The van der Waals surface area contributed by atoms with Gasteiger partial charge in [-0.3, -0.25) is 0 Å². The van der Waals surface area contributed by atoms with Gasteiger partial charge < -0.3 is 20.1 Å². The number of aromatic nitrogens is 2. The molecule has 0 aromatic carbocycles. The molecule has 1 fully saturated rings. The SMILES string of the molecule is CCn1ccnc1C(N)C1CN(C)CCCN1C. The van der Waals surface area contributed by atoms with E-state index in [0.717, 1.165) is 32.0 Å². The van der Waals surface area contributed by atoms with E-state index >= 15 is 0 Å². The summed E-state index contributed by atoms with van der Waals surface area (Å²) in [6.45, 7) is 6.32. The van der Waals surface area contributed by atoms with Crippen molar-refractivity contribution in [2.75, 3.05) is 33.7 Å². The first-order valence-electron chi connectivity index (χ1n) is 6.79. The van der Waals surface area contributed by atoms with Crippen molar-refractivity contribution < 1.29 is 0 Å². The molecule has 2 unspecified atom stereocenters. The number of likely N-dealkylation sites (N-methyl/N-ethyl adjacent to an activating group) is 2. The predicted octanol–water partition coefficient (Wildman–Crippen LogP) is 0.539. The Morgan fingerprint density at radius 3 is 2.94 bits per heavy atom. The van der Waals surface area contributed by atoms with Gasteiger partial charge >= 0.3 is 0 Å². The van der Waals surface area contributed by atoms with Gasteiger partial charge in [0.2, 0.25) is 0 Å². The zero-order chi connectivity index (χ0) is 13.1. The summed E-state index contributed by atoms with van der Waals surface area (Å²) in [5.74, 6) is 1.00. The number of hydrogen-bond acceptors (Lipinski definition) is 4. The van der Waals surface area contributed by atoms with Gasteiger partial charge in [-0.1, -0.05) is 0 Å². The van der Waals surface area contributed by atoms with Crippen LogP contribution in [0.3, 0.4) is 0 Å². The van der Waals surface area contributed by atoms with Crippen molar-refractivity contribution >= 4 is 0 Å². The maximum Gasteiger partial charge on any atom is 0.127 e. The van der Waals surface area contributed by atoms with Gasteiger partial charge in [0.05, 0.1) is 6.04 Å². The van der Waals surface area contributed by atoms with Crippen LogP contribution in [0.5, 0.6) is 0 Å². The van der Waals surface area contributed by atoms with Gasteiger partial charge in [-0.25, -0.2) is 4.98 Å². The molecule has 0 saturated carbocycles. The number of imidazole rings is 1. The van der Waals surface area contributed by atoms with Crippen LogP contribution in [0, 0.1) is 0 Å². The van der Waals surface area contributed by atoms with E-state index in [0.29, 0.717) is 6.04 Å². The Morgan fingerprint density at radius 2 is 2.22 bits per heavy atom. The molecule has 1 aliphatic rings. The van der Waals surface area contributed by atoms with Crippen molar-refractivity contribution in [2.24, 2.45) is 5.73 Å². The minimum Gasteiger partial charge on any atom is -0.334 e. The van der Waals surface area contributed by atoms with E-state index in [1.54, 1.807) is 0 Å². The Balaban J connectivity index is 2.17. The lowest BCUT2D eigenvalue weighted by atomic mass is 10.1. The Morgan fingerprint density at radius 1 is 1.44 bits per heavy atom. The van der Waals surface area contributed by atoms with E-state index in [1.807, 2.05) is 12.4 Å². The van der Waals surface area contributed by atoms with Gasteiger partial charge in [0, 0.05) is 31.5 Å². The van der Waals surface area contributed by atoms with Gasteiger partial charge in [-0.05, 0) is 40.5 Å². The molecule has 2 atom stereocenters. The number of nitrogens with two attached hydrogens (primary N) is 1. The second-order valence-electron chi connectivity index (χ2n) is 5.26. The van der Waals surface area contributed by atoms with Crippen LogP contribution < -0.4 is 5.73 Å². The van der Waals surface area contributed by atoms with E-state index in [1.165, 1.54) is 6.42 Å². The summed E-state index contributed by atoms with van der Waals surface area (Å²) in [7, 11) is 4.34. The number of nitrogens with zero attached hydrogens (tertiary/aromatic N) is 4. The summed E-state index contributed by atoms with van der Waals surface area (Å²) >= 11 is 0. The summed E-state index contributed by atoms with van der Waals surface area (Å²) in [4.78, 5) is 9.19. The molecule has 5 nitrogen and oxygen atoms in total. The minimum atomic E-state index is -0.0227. The van der Waals surface area contributed by atoms with Crippen LogP contribution >= 0.6 is 0 Å². The summed E-state index contributed by atoms with van der Waals surface area (Å²) in [6.07, 6.45) is 5.06. The number of hydrogen-bond donors (Lipinski definition) is 1. The summed E-state index contributed by atoms with van der Waals surface area (Å²) < 4.78 is 2.14. The average Bonchev–Trinajstić information content (AvgIpc) is 2.76. The summed E-state index contributed by atoms with van der Waals surface area (Å²) in [6, 6.07) is 0.315. The Bertz CT molecular complexity index is 375. The smallest absolute Gasteiger partial charge is 0.127 e. The topological polar surface area (TPSA) is 50.3 Å². The third-order valence-corrected chi connectivity index (χ3v) is 3.92. The molecule has 0 spiro atoms. The van der Waals surface area contributed by atoms with Crippen molar-refractivity contribution in [1.82, 2.24) is 19.4 Å². The normalized spacial score (nSPS) is 25.0. The van der Waals surface area contributed by atoms with Gasteiger partial charge in [0.15, 0.2) is 0 Å². The van der Waals surface area contributed by atoms with Gasteiger partial charge in [-0.2, -0.15) is 0 Å². The molecule has 18 heavy (non-hydrogen) atoms. The van der Waals surface area contributed by atoms with E-state index in [-0.39, 0.29) is 6.04 Å². The first-order valence-corrected chi connectivity index (χ1v) is 6.79. The average molecular weight is 251 g/mol. The highest BCUT2D eigenvalue weighted by molar-refractivity contribution is 5.04. The molecule has 2 N–H and O–H groups in total. The molecule has 2 heterocycles. The second-order valence-corrected chi connectivity index (χ2v) is 5.26. The van der Waals surface area contributed by atoms with Gasteiger partial charge in [0.1, 0.15) is 5.82 Å². The van der Waals surface area contributed by atoms with Crippen molar-refractivity contribution in [2.45, 2.75) is 32.0 Å². The third kappa shape index (κ3) is 2.74. The van der Waals surface area contributed by atoms with Crippen molar-refractivity contribution in [3.63, 3.8) is 0 Å². The molecule has 0 radical (unpaired) electrons. The zero-order valence-corrected chi connectivity index (χ0v) is 11.7. The largest absolute Gasteiger partial charge is 0.334 e. The fraction of sp³-hybridized carbons (Fsp3) is 0.769. The van der Waals surface area contributed by atoms with Crippen molar-refractivity contribution in [3.05, 3.63) is 18.2 Å². The summed E-state index contributed by atoms with van der Waals surface area (Å²) in [5.41, 5.74) is 6.46. The maximum atomic E-state index is 6.46.